The van der Waals surface area contributed by atoms with Crippen LogP contribution in [0.1, 0.15) is 11.3 Å². The van der Waals surface area contributed by atoms with Gasteiger partial charge in [0.2, 0.25) is 0 Å². The predicted octanol–water partition coefficient (Wildman–Crippen LogP) is 3.13. The fourth-order valence-electron chi connectivity index (χ4n) is 1.44. The monoisotopic (exact) mass is 255 g/mol. The van der Waals surface area contributed by atoms with Gasteiger partial charge in [-0.1, -0.05) is 29.3 Å². The van der Waals surface area contributed by atoms with Crippen molar-refractivity contribution in [1.82, 2.24) is 9.78 Å². The second-order valence-electron chi connectivity index (χ2n) is 3.62. The van der Waals surface area contributed by atoms with Crippen LogP contribution in [0.4, 0.5) is 5.69 Å². The van der Waals surface area contributed by atoms with Crippen LogP contribution >= 0.6 is 23.2 Å². The van der Waals surface area contributed by atoms with Crippen molar-refractivity contribution in [3.63, 3.8) is 0 Å². The van der Waals surface area contributed by atoms with E-state index in [1.165, 1.54) is 0 Å². The molecule has 1 heterocycles. The van der Waals surface area contributed by atoms with Crippen molar-refractivity contribution in [2.24, 2.45) is 0 Å². The van der Waals surface area contributed by atoms with Gasteiger partial charge >= 0.3 is 0 Å². The van der Waals surface area contributed by atoms with Crippen LogP contribution < -0.4 is 5.73 Å². The normalized spacial score (nSPS) is 10.7. The van der Waals surface area contributed by atoms with Gasteiger partial charge in [0.05, 0.1) is 28.0 Å². The summed E-state index contributed by atoms with van der Waals surface area (Å²) in [6.07, 6.45) is 1.80. The molecule has 3 nitrogen and oxygen atoms in total. The summed E-state index contributed by atoms with van der Waals surface area (Å²) in [6.45, 7) is 2.51. The highest BCUT2D eigenvalue weighted by Gasteiger charge is 2.03. The van der Waals surface area contributed by atoms with Gasteiger partial charge in [0.25, 0.3) is 0 Å². The van der Waals surface area contributed by atoms with Gasteiger partial charge in [-0.3, -0.25) is 4.68 Å². The van der Waals surface area contributed by atoms with Gasteiger partial charge in [-0.25, -0.2) is 0 Å². The lowest BCUT2D eigenvalue weighted by Crippen LogP contribution is -2.00. The Labute approximate surface area is 104 Å². The number of aromatic nitrogens is 2. The number of nitrogens with two attached hydrogens (primary N) is 1. The van der Waals surface area contributed by atoms with Crippen molar-refractivity contribution in [2.75, 3.05) is 5.73 Å². The summed E-state index contributed by atoms with van der Waals surface area (Å²) in [7, 11) is 0. The third-order valence-electron chi connectivity index (χ3n) is 2.31. The number of benzene rings is 1. The van der Waals surface area contributed by atoms with Crippen LogP contribution in [-0.2, 0) is 6.54 Å². The van der Waals surface area contributed by atoms with Crippen LogP contribution in [0, 0.1) is 6.92 Å². The summed E-state index contributed by atoms with van der Waals surface area (Å²) in [5.74, 6) is 0. The summed E-state index contributed by atoms with van der Waals surface area (Å²) >= 11 is 11.8. The van der Waals surface area contributed by atoms with Crippen LogP contribution in [0.3, 0.4) is 0 Å². The van der Waals surface area contributed by atoms with E-state index in [0.717, 1.165) is 11.3 Å². The molecule has 1 aromatic carbocycles. The molecule has 0 aliphatic heterocycles. The molecule has 0 bridgehead atoms. The van der Waals surface area contributed by atoms with Gasteiger partial charge in [-0.15, -0.1) is 0 Å². The smallest absolute Gasteiger partial charge is 0.0823 e. The summed E-state index contributed by atoms with van der Waals surface area (Å²) in [4.78, 5) is 0. The number of rotatable bonds is 2. The standard InChI is InChI=1S/C11H11Cl2N3/c1-7-11(14)6-16(15-7)5-8-2-3-9(12)10(13)4-8/h2-4,6H,5,14H2,1H3. The molecule has 0 atom stereocenters. The Bertz CT molecular complexity index is 500. The van der Waals surface area contributed by atoms with Crippen molar-refractivity contribution in [3.05, 3.63) is 45.7 Å². The average molecular weight is 256 g/mol. The quantitative estimate of drug-likeness (QED) is 0.897. The van der Waals surface area contributed by atoms with E-state index >= 15 is 0 Å². The minimum absolute atomic E-state index is 0.552. The van der Waals surface area contributed by atoms with Gasteiger partial charge in [-0.05, 0) is 24.6 Å². The van der Waals surface area contributed by atoms with Crippen molar-refractivity contribution in [2.45, 2.75) is 13.5 Å². The number of nitrogen functional groups attached to an aromatic ring is 1. The third kappa shape index (κ3) is 2.31. The average Bonchev–Trinajstić information content (AvgIpc) is 2.52. The molecule has 0 saturated heterocycles. The maximum atomic E-state index is 5.93. The number of halogens is 2. The molecule has 0 saturated carbocycles. The lowest BCUT2D eigenvalue weighted by atomic mass is 10.2. The molecular weight excluding hydrogens is 245 g/mol. The van der Waals surface area contributed by atoms with E-state index in [-0.39, 0.29) is 0 Å². The summed E-state index contributed by atoms with van der Waals surface area (Å²) in [6, 6.07) is 5.53. The molecule has 0 aliphatic rings. The van der Waals surface area contributed by atoms with Gasteiger partial charge in [0.15, 0.2) is 0 Å². The molecule has 2 rings (SSSR count). The van der Waals surface area contributed by atoms with E-state index in [4.69, 9.17) is 28.9 Å². The largest absolute Gasteiger partial charge is 0.396 e. The third-order valence-corrected chi connectivity index (χ3v) is 3.05. The molecule has 1 aromatic heterocycles. The van der Waals surface area contributed by atoms with Crippen LogP contribution in [0.15, 0.2) is 24.4 Å². The first-order chi connectivity index (χ1) is 7.56. The molecule has 0 aliphatic carbocycles. The minimum Gasteiger partial charge on any atom is -0.396 e. The maximum Gasteiger partial charge on any atom is 0.0823 e. The van der Waals surface area contributed by atoms with Crippen molar-refractivity contribution in [3.8, 4) is 0 Å². The Morgan fingerprint density at radius 2 is 2.06 bits per heavy atom. The van der Waals surface area contributed by atoms with E-state index in [9.17, 15) is 0 Å². The van der Waals surface area contributed by atoms with Crippen LogP contribution in [0.5, 0.6) is 0 Å². The topological polar surface area (TPSA) is 43.8 Å². The Morgan fingerprint density at radius 1 is 1.31 bits per heavy atom. The maximum absolute atomic E-state index is 5.93. The molecule has 16 heavy (non-hydrogen) atoms. The molecular formula is C11H11Cl2N3. The Balaban J connectivity index is 2.23. The van der Waals surface area contributed by atoms with E-state index in [0.29, 0.717) is 22.3 Å². The SMILES string of the molecule is Cc1nn(Cc2ccc(Cl)c(Cl)c2)cc1N. The Kier molecular flexibility index (Phi) is 3.08. The molecule has 2 N–H and O–H groups in total. The first-order valence-electron chi connectivity index (χ1n) is 4.79. The molecule has 84 valence electrons. The zero-order valence-electron chi connectivity index (χ0n) is 8.74. The Morgan fingerprint density at radius 3 is 2.62 bits per heavy atom. The lowest BCUT2D eigenvalue weighted by Gasteiger charge is -2.03. The molecule has 0 radical (unpaired) electrons. The first kappa shape index (κ1) is 11.3. The van der Waals surface area contributed by atoms with Crippen molar-refractivity contribution < 1.29 is 0 Å². The molecule has 0 fully saturated rings. The fraction of sp³-hybridized carbons (Fsp3) is 0.182. The number of hydrogen-bond acceptors (Lipinski definition) is 2. The molecule has 0 spiro atoms. The molecule has 2 aromatic rings. The highest BCUT2D eigenvalue weighted by Crippen LogP contribution is 2.23. The second-order valence-corrected chi connectivity index (χ2v) is 4.43. The van der Waals surface area contributed by atoms with Crippen LogP contribution in [0.25, 0.3) is 0 Å². The second kappa shape index (κ2) is 4.36. The van der Waals surface area contributed by atoms with Gasteiger partial charge < -0.3 is 5.73 Å². The molecule has 0 amide bonds. The van der Waals surface area contributed by atoms with Crippen molar-refractivity contribution >= 4 is 28.9 Å². The summed E-state index contributed by atoms with van der Waals surface area (Å²) < 4.78 is 1.78. The predicted molar refractivity (Wildman–Crippen MR) is 66.9 cm³/mol. The van der Waals surface area contributed by atoms with Crippen LogP contribution in [-0.4, -0.2) is 9.78 Å². The number of anilines is 1. The van der Waals surface area contributed by atoms with E-state index in [1.807, 2.05) is 19.1 Å². The minimum atomic E-state index is 0.552. The van der Waals surface area contributed by atoms with E-state index in [1.54, 1.807) is 16.9 Å². The zero-order chi connectivity index (χ0) is 11.7. The highest BCUT2D eigenvalue weighted by molar-refractivity contribution is 6.42. The highest BCUT2D eigenvalue weighted by atomic mass is 35.5. The Hall–Kier alpha value is -1.19. The number of nitrogens with zero attached hydrogens (tertiary/aromatic N) is 2. The molecule has 0 unspecified atom stereocenters. The van der Waals surface area contributed by atoms with Crippen LogP contribution in [0.2, 0.25) is 10.0 Å². The zero-order valence-corrected chi connectivity index (χ0v) is 10.3. The number of aryl methyl sites for hydroxylation is 1. The molecule has 5 heteroatoms. The first-order valence-corrected chi connectivity index (χ1v) is 5.55. The number of hydrogen-bond donors (Lipinski definition) is 1. The van der Waals surface area contributed by atoms with Gasteiger partial charge in [-0.2, -0.15) is 5.10 Å². The van der Waals surface area contributed by atoms with E-state index < -0.39 is 0 Å². The fourth-order valence-corrected chi connectivity index (χ4v) is 1.76. The lowest BCUT2D eigenvalue weighted by molar-refractivity contribution is 0.679. The summed E-state index contributed by atoms with van der Waals surface area (Å²) in [5.41, 5.74) is 8.28. The summed E-state index contributed by atoms with van der Waals surface area (Å²) in [5, 5.41) is 5.38. The van der Waals surface area contributed by atoms with Gasteiger partial charge in [0, 0.05) is 6.20 Å². The van der Waals surface area contributed by atoms with Crippen molar-refractivity contribution in [1.29, 1.82) is 0 Å². The van der Waals surface area contributed by atoms with E-state index in [2.05, 4.69) is 5.10 Å². The van der Waals surface area contributed by atoms with Gasteiger partial charge in [0.1, 0.15) is 0 Å².